The molecule has 1 heterocycles. The van der Waals surface area contributed by atoms with Gasteiger partial charge in [-0.1, -0.05) is 49.4 Å². The molecule has 3 rings (SSSR count). The number of thiocarbonyl (C=S) groups is 1. The Balaban J connectivity index is 1.69. The summed E-state index contributed by atoms with van der Waals surface area (Å²) in [4.78, 5) is 16.9. The van der Waals surface area contributed by atoms with Gasteiger partial charge in [0.25, 0.3) is 5.91 Å². The highest BCUT2D eigenvalue weighted by atomic mass is 32.1. The van der Waals surface area contributed by atoms with Crippen molar-refractivity contribution in [3.8, 4) is 0 Å². The standard InChI is InChI=1S/C20H21N3OS2/c1-11(2)14-7-9-15(10-8-14)18(24)22-19(25)23-20-21-16-12(3)5-6-13(4)17(16)26-20/h5-11H,1-4H3,(H2,21,22,23,24,25). The Hall–Kier alpha value is -2.31. The second kappa shape index (κ2) is 7.51. The maximum absolute atomic E-state index is 12.4. The van der Waals surface area contributed by atoms with Gasteiger partial charge in [-0.3, -0.25) is 10.1 Å². The number of carbonyl (C=O) groups is 1. The van der Waals surface area contributed by atoms with Gasteiger partial charge in [-0.2, -0.15) is 0 Å². The number of aryl methyl sites for hydroxylation is 2. The maximum atomic E-state index is 12.4. The van der Waals surface area contributed by atoms with Crippen LogP contribution in [0.25, 0.3) is 10.2 Å². The van der Waals surface area contributed by atoms with Crippen molar-refractivity contribution in [2.24, 2.45) is 0 Å². The van der Waals surface area contributed by atoms with E-state index in [2.05, 4.69) is 48.5 Å². The van der Waals surface area contributed by atoms with Crippen LogP contribution in [0.5, 0.6) is 0 Å². The number of thiazole rings is 1. The van der Waals surface area contributed by atoms with Crippen molar-refractivity contribution in [2.45, 2.75) is 33.6 Å². The Morgan fingerprint density at radius 1 is 1.08 bits per heavy atom. The molecule has 0 spiro atoms. The average molecular weight is 384 g/mol. The van der Waals surface area contributed by atoms with Crippen molar-refractivity contribution < 1.29 is 4.79 Å². The van der Waals surface area contributed by atoms with Gasteiger partial charge in [0.2, 0.25) is 0 Å². The second-order valence-corrected chi connectivity index (χ2v) is 7.99. The third-order valence-corrected chi connectivity index (χ3v) is 5.54. The number of fused-ring (bicyclic) bond motifs is 1. The number of benzene rings is 2. The van der Waals surface area contributed by atoms with E-state index in [0.717, 1.165) is 15.8 Å². The zero-order valence-electron chi connectivity index (χ0n) is 15.2. The molecule has 0 saturated carbocycles. The fraction of sp³-hybridized carbons (Fsp3) is 0.250. The number of hydrogen-bond donors (Lipinski definition) is 2. The lowest BCUT2D eigenvalue weighted by Crippen LogP contribution is -2.34. The average Bonchev–Trinajstić information content (AvgIpc) is 3.03. The van der Waals surface area contributed by atoms with Crippen LogP contribution in [0.2, 0.25) is 0 Å². The number of anilines is 1. The largest absolute Gasteiger partial charge is 0.308 e. The van der Waals surface area contributed by atoms with Gasteiger partial charge >= 0.3 is 0 Å². The van der Waals surface area contributed by atoms with Crippen molar-refractivity contribution in [1.29, 1.82) is 0 Å². The van der Waals surface area contributed by atoms with E-state index in [9.17, 15) is 4.79 Å². The molecule has 0 atom stereocenters. The molecule has 26 heavy (non-hydrogen) atoms. The molecule has 0 saturated heterocycles. The van der Waals surface area contributed by atoms with Gasteiger partial charge in [-0.25, -0.2) is 4.98 Å². The molecule has 6 heteroatoms. The zero-order chi connectivity index (χ0) is 18.8. The van der Waals surface area contributed by atoms with Crippen LogP contribution in [0.1, 0.15) is 46.8 Å². The number of rotatable bonds is 3. The molecule has 1 amide bonds. The third kappa shape index (κ3) is 3.92. The molecular weight excluding hydrogens is 362 g/mol. The van der Waals surface area contributed by atoms with Crippen LogP contribution in [-0.4, -0.2) is 16.0 Å². The van der Waals surface area contributed by atoms with Gasteiger partial charge in [0.1, 0.15) is 0 Å². The minimum absolute atomic E-state index is 0.230. The summed E-state index contributed by atoms with van der Waals surface area (Å²) < 4.78 is 1.13. The van der Waals surface area contributed by atoms with Crippen LogP contribution < -0.4 is 10.6 Å². The smallest absolute Gasteiger partial charge is 0.257 e. The molecule has 3 aromatic rings. The molecule has 2 N–H and O–H groups in total. The van der Waals surface area contributed by atoms with Gasteiger partial charge in [0.15, 0.2) is 10.2 Å². The minimum atomic E-state index is -0.230. The summed E-state index contributed by atoms with van der Waals surface area (Å²) in [6.45, 7) is 8.34. The summed E-state index contributed by atoms with van der Waals surface area (Å²) in [6.07, 6.45) is 0. The lowest BCUT2D eigenvalue weighted by molar-refractivity contribution is 0.0977. The molecule has 2 aromatic carbocycles. The first-order valence-corrected chi connectivity index (χ1v) is 9.66. The highest BCUT2D eigenvalue weighted by Crippen LogP contribution is 2.30. The Labute approximate surface area is 162 Å². The number of carbonyl (C=O) groups excluding carboxylic acids is 1. The Morgan fingerprint density at radius 2 is 1.73 bits per heavy atom. The number of aromatic nitrogens is 1. The summed E-state index contributed by atoms with van der Waals surface area (Å²) in [5.74, 6) is 0.201. The molecule has 0 radical (unpaired) electrons. The quantitative estimate of drug-likeness (QED) is 0.613. The summed E-state index contributed by atoms with van der Waals surface area (Å²) in [5, 5.41) is 6.66. The van der Waals surface area contributed by atoms with E-state index in [1.165, 1.54) is 22.5 Å². The van der Waals surface area contributed by atoms with Crippen molar-refractivity contribution in [3.05, 3.63) is 58.7 Å². The molecule has 134 valence electrons. The lowest BCUT2D eigenvalue weighted by atomic mass is 10.0. The first-order valence-electron chi connectivity index (χ1n) is 8.44. The molecule has 0 fully saturated rings. The van der Waals surface area contributed by atoms with Gasteiger partial charge < -0.3 is 5.32 Å². The van der Waals surface area contributed by atoms with Crippen molar-refractivity contribution in [1.82, 2.24) is 10.3 Å². The Bertz CT molecular complexity index is 936. The first kappa shape index (κ1) is 18.5. The lowest BCUT2D eigenvalue weighted by Gasteiger charge is -2.09. The molecule has 0 aliphatic rings. The zero-order valence-corrected chi connectivity index (χ0v) is 16.8. The Morgan fingerprint density at radius 3 is 2.35 bits per heavy atom. The van der Waals surface area contributed by atoms with E-state index in [-0.39, 0.29) is 11.0 Å². The van der Waals surface area contributed by atoms with Crippen LogP contribution in [-0.2, 0) is 0 Å². The first-order chi connectivity index (χ1) is 12.3. The molecule has 4 nitrogen and oxygen atoms in total. The van der Waals surface area contributed by atoms with Gasteiger partial charge in [0.05, 0.1) is 10.2 Å². The maximum Gasteiger partial charge on any atom is 0.257 e. The van der Waals surface area contributed by atoms with Gasteiger partial charge in [-0.05, 0) is 60.8 Å². The van der Waals surface area contributed by atoms with E-state index in [0.29, 0.717) is 16.6 Å². The summed E-state index contributed by atoms with van der Waals surface area (Å²) in [6, 6.07) is 11.7. The summed E-state index contributed by atoms with van der Waals surface area (Å²) in [7, 11) is 0. The van der Waals surface area contributed by atoms with Crippen molar-refractivity contribution in [2.75, 3.05) is 5.32 Å². The van der Waals surface area contributed by atoms with E-state index < -0.39 is 0 Å². The van der Waals surface area contributed by atoms with Crippen LogP contribution in [0.4, 0.5) is 5.13 Å². The van der Waals surface area contributed by atoms with Crippen molar-refractivity contribution >= 4 is 49.9 Å². The van der Waals surface area contributed by atoms with Gasteiger partial charge in [0, 0.05) is 5.56 Å². The molecule has 1 aromatic heterocycles. The van der Waals surface area contributed by atoms with Crippen LogP contribution in [0.3, 0.4) is 0 Å². The normalized spacial score (nSPS) is 11.0. The molecule has 0 bridgehead atoms. The number of nitrogens with zero attached hydrogens (tertiary/aromatic N) is 1. The predicted molar refractivity (Wildman–Crippen MR) is 113 cm³/mol. The summed E-state index contributed by atoms with van der Waals surface area (Å²) in [5.41, 5.74) is 5.04. The van der Waals surface area contributed by atoms with E-state index in [1.807, 2.05) is 31.2 Å². The van der Waals surface area contributed by atoms with Crippen LogP contribution in [0, 0.1) is 13.8 Å². The topological polar surface area (TPSA) is 54.0 Å². The fourth-order valence-electron chi connectivity index (χ4n) is 2.64. The van der Waals surface area contributed by atoms with Crippen LogP contribution in [0.15, 0.2) is 36.4 Å². The SMILES string of the molecule is Cc1ccc(C)c2sc(NC(=S)NC(=O)c3ccc(C(C)C)cc3)nc12. The molecular formula is C20H21N3OS2. The highest BCUT2D eigenvalue weighted by molar-refractivity contribution is 7.80. The van der Waals surface area contributed by atoms with E-state index in [1.54, 1.807) is 0 Å². The second-order valence-electron chi connectivity index (χ2n) is 6.58. The highest BCUT2D eigenvalue weighted by Gasteiger charge is 2.12. The van der Waals surface area contributed by atoms with Crippen molar-refractivity contribution in [3.63, 3.8) is 0 Å². The number of nitrogens with one attached hydrogen (secondary N) is 2. The van der Waals surface area contributed by atoms with Crippen LogP contribution >= 0.6 is 23.6 Å². The Kier molecular flexibility index (Phi) is 5.34. The fourth-order valence-corrected chi connectivity index (χ4v) is 3.91. The van der Waals surface area contributed by atoms with E-state index >= 15 is 0 Å². The number of amides is 1. The predicted octanol–water partition coefficient (Wildman–Crippen LogP) is 5.16. The molecule has 0 unspecified atom stereocenters. The number of hydrogen-bond acceptors (Lipinski definition) is 4. The third-order valence-electron chi connectivity index (χ3n) is 4.23. The summed E-state index contributed by atoms with van der Waals surface area (Å²) >= 11 is 6.81. The monoisotopic (exact) mass is 383 g/mol. The van der Waals surface area contributed by atoms with Gasteiger partial charge in [-0.15, -0.1) is 0 Å². The minimum Gasteiger partial charge on any atom is -0.308 e. The van der Waals surface area contributed by atoms with E-state index in [4.69, 9.17) is 12.2 Å². The molecule has 0 aliphatic carbocycles. The molecule has 0 aliphatic heterocycles.